The van der Waals surface area contributed by atoms with Crippen LogP contribution < -0.4 is 20.1 Å². The maximum atomic E-state index is 13.2. The lowest BCUT2D eigenvalue weighted by Crippen LogP contribution is -2.25. The first-order valence-electron chi connectivity index (χ1n) is 10.6. The molecule has 0 radical (unpaired) electrons. The Bertz CT molecular complexity index is 1100. The maximum Gasteiger partial charge on any atom is 0.256 e. The number of carbonyl (C=O) groups is 2. The Hall–Kier alpha value is -3.32. The van der Waals surface area contributed by atoms with Crippen LogP contribution in [0.25, 0.3) is 0 Å². The second-order valence-electron chi connectivity index (χ2n) is 7.64. The zero-order chi connectivity index (χ0) is 22.5. The number of benzene rings is 2. The van der Waals surface area contributed by atoms with Gasteiger partial charge in [0.2, 0.25) is 0 Å². The van der Waals surface area contributed by atoms with Crippen LogP contribution in [0.5, 0.6) is 11.5 Å². The highest BCUT2D eigenvalue weighted by Crippen LogP contribution is 2.38. The molecule has 0 unspecified atom stereocenters. The first kappa shape index (κ1) is 21.9. The molecule has 0 saturated heterocycles. The van der Waals surface area contributed by atoms with Crippen LogP contribution in [-0.4, -0.2) is 26.0 Å². The predicted octanol–water partition coefficient (Wildman–Crippen LogP) is 4.83. The van der Waals surface area contributed by atoms with Gasteiger partial charge in [0, 0.05) is 23.1 Å². The molecule has 0 fully saturated rings. The van der Waals surface area contributed by atoms with Crippen molar-refractivity contribution in [3.8, 4) is 11.5 Å². The van der Waals surface area contributed by atoms with Crippen LogP contribution in [-0.2, 0) is 19.4 Å². The summed E-state index contributed by atoms with van der Waals surface area (Å²) < 4.78 is 10.6. The molecule has 1 aliphatic rings. The second kappa shape index (κ2) is 9.87. The molecule has 7 heteroatoms. The quantitative estimate of drug-likeness (QED) is 0.541. The Morgan fingerprint density at radius 3 is 2.31 bits per heavy atom. The fraction of sp³-hybridized carbons (Fsp3) is 0.280. The van der Waals surface area contributed by atoms with Crippen molar-refractivity contribution in [3.63, 3.8) is 0 Å². The third-order valence-corrected chi connectivity index (χ3v) is 6.74. The molecule has 0 atom stereocenters. The van der Waals surface area contributed by atoms with Crippen molar-refractivity contribution in [1.29, 1.82) is 0 Å². The van der Waals surface area contributed by atoms with Gasteiger partial charge in [-0.2, -0.15) is 0 Å². The number of ether oxygens (including phenoxy) is 2. The van der Waals surface area contributed by atoms with Gasteiger partial charge in [0.05, 0.1) is 19.8 Å². The Labute approximate surface area is 191 Å². The van der Waals surface area contributed by atoms with Gasteiger partial charge in [-0.05, 0) is 48.9 Å². The van der Waals surface area contributed by atoms with Gasteiger partial charge >= 0.3 is 0 Å². The first-order valence-corrected chi connectivity index (χ1v) is 11.4. The number of amides is 2. The number of rotatable bonds is 7. The Morgan fingerprint density at radius 2 is 1.62 bits per heavy atom. The number of nitrogens with one attached hydrogen (secondary N) is 2. The molecule has 0 aliphatic heterocycles. The van der Waals surface area contributed by atoms with Gasteiger partial charge in [-0.15, -0.1) is 11.3 Å². The molecule has 1 aromatic heterocycles. The van der Waals surface area contributed by atoms with Gasteiger partial charge in [-0.3, -0.25) is 9.59 Å². The lowest BCUT2D eigenvalue weighted by molar-refractivity contribution is 0.0951. The molecule has 32 heavy (non-hydrogen) atoms. The summed E-state index contributed by atoms with van der Waals surface area (Å²) in [7, 11) is 3.08. The summed E-state index contributed by atoms with van der Waals surface area (Å²) in [4.78, 5) is 27.4. The third kappa shape index (κ3) is 4.78. The maximum absolute atomic E-state index is 13.2. The molecule has 0 saturated carbocycles. The molecule has 1 heterocycles. The number of fused-ring (bicyclic) bond motifs is 1. The van der Waals surface area contributed by atoms with E-state index in [1.165, 1.54) is 16.2 Å². The normalized spacial score (nSPS) is 12.6. The number of methoxy groups -OCH3 is 2. The van der Waals surface area contributed by atoms with E-state index in [2.05, 4.69) is 10.6 Å². The van der Waals surface area contributed by atoms with E-state index in [1.807, 2.05) is 30.3 Å². The molecular weight excluding hydrogens is 424 g/mol. The summed E-state index contributed by atoms with van der Waals surface area (Å²) in [5.74, 6) is 0.589. The zero-order valence-electron chi connectivity index (χ0n) is 18.2. The molecule has 166 valence electrons. The van der Waals surface area contributed by atoms with Gasteiger partial charge in [-0.1, -0.05) is 30.3 Å². The molecule has 3 aromatic rings. The number of carbonyl (C=O) groups excluding carboxylic acids is 2. The van der Waals surface area contributed by atoms with Crippen molar-refractivity contribution < 1.29 is 19.1 Å². The van der Waals surface area contributed by atoms with E-state index in [0.29, 0.717) is 34.2 Å². The van der Waals surface area contributed by atoms with Crippen molar-refractivity contribution in [3.05, 3.63) is 75.7 Å². The molecule has 4 rings (SSSR count). The fourth-order valence-corrected chi connectivity index (χ4v) is 5.16. The van der Waals surface area contributed by atoms with Gasteiger partial charge in [0.1, 0.15) is 16.5 Å². The smallest absolute Gasteiger partial charge is 0.256 e. The second-order valence-corrected chi connectivity index (χ2v) is 8.74. The number of hydrogen-bond acceptors (Lipinski definition) is 5. The van der Waals surface area contributed by atoms with Crippen molar-refractivity contribution in [2.45, 2.75) is 32.2 Å². The molecule has 2 N–H and O–H groups in total. The molecule has 2 aromatic carbocycles. The summed E-state index contributed by atoms with van der Waals surface area (Å²) in [6.07, 6.45) is 3.92. The van der Waals surface area contributed by atoms with Crippen LogP contribution in [0.15, 0.2) is 48.5 Å². The third-order valence-electron chi connectivity index (χ3n) is 5.53. The molecule has 6 nitrogen and oxygen atoms in total. The standard InChI is InChI=1S/C25H26N2O4S/c1-30-18-12-17(13-19(14-18)31-2)23(28)27-25-22(20-10-6-7-11-21(20)32-25)24(29)26-15-16-8-4-3-5-9-16/h3-5,8-9,12-14H,6-7,10-11,15H2,1-2H3,(H,26,29)(H,27,28). The number of anilines is 1. The van der Waals surface area contributed by atoms with Crippen LogP contribution in [0.3, 0.4) is 0 Å². The lowest BCUT2D eigenvalue weighted by Gasteiger charge is -2.13. The van der Waals surface area contributed by atoms with Gasteiger partial charge < -0.3 is 20.1 Å². The van der Waals surface area contributed by atoms with Gasteiger partial charge in [0.15, 0.2) is 0 Å². The number of thiophene rings is 1. The zero-order valence-corrected chi connectivity index (χ0v) is 19.0. The van der Waals surface area contributed by atoms with Crippen molar-refractivity contribution >= 4 is 28.2 Å². The minimum atomic E-state index is -0.307. The first-order chi connectivity index (χ1) is 15.6. The van der Waals surface area contributed by atoms with Crippen LogP contribution in [0, 0.1) is 0 Å². The average Bonchev–Trinajstić information content (AvgIpc) is 3.20. The lowest BCUT2D eigenvalue weighted by atomic mass is 9.95. The molecule has 0 bridgehead atoms. The summed E-state index contributed by atoms with van der Waals surface area (Å²) in [5, 5.41) is 6.58. The van der Waals surface area contributed by atoms with E-state index in [0.717, 1.165) is 36.8 Å². The Morgan fingerprint density at radius 1 is 0.938 bits per heavy atom. The monoisotopic (exact) mass is 450 g/mol. The van der Waals surface area contributed by atoms with Crippen LogP contribution in [0.4, 0.5) is 5.00 Å². The largest absolute Gasteiger partial charge is 0.497 e. The van der Waals surface area contributed by atoms with E-state index in [4.69, 9.17) is 9.47 Å². The highest BCUT2D eigenvalue weighted by Gasteiger charge is 2.26. The van der Waals surface area contributed by atoms with Crippen LogP contribution in [0.2, 0.25) is 0 Å². The molecule has 0 spiro atoms. The van der Waals surface area contributed by atoms with Crippen molar-refractivity contribution in [2.24, 2.45) is 0 Å². The van der Waals surface area contributed by atoms with Crippen molar-refractivity contribution in [1.82, 2.24) is 5.32 Å². The molecular formula is C25H26N2O4S. The average molecular weight is 451 g/mol. The molecule has 2 amide bonds. The van der Waals surface area contributed by atoms with E-state index < -0.39 is 0 Å². The fourth-order valence-electron chi connectivity index (χ4n) is 3.87. The van der Waals surface area contributed by atoms with Gasteiger partial charge in [0.25, 0.3) is 11.8 Å². The summed E-state index contributed by atoms with van der Waals surface area (Å²) in [6, 6.07) is 14.8. The number of hydrogen-bond donors (Lipinski definition) is 2. The van der Waals surface area contributed by atoms with Crippen molar-refractivity contribution in [2.75, 3.05) is 19.5 Å². The minimum Gasteiger partial charge on any atom is -0.497 e. The molecule has 1 aliphatic carbocycles. The SMILES string of the molecule is COc1cc(OC)cc(C(=O)Nc2sc3c(c2C(=O)NCc2ccccc2)CCCC3)c1. The minimum absolute atomic E-state index is 0.160. The topological polar surface area (TPSA) is 76.7 Å². The highest BCUT2D eigenvalue weighted by atomic mass is 32.1. The van der Waals surface area contributed by atoms with Crippen LogP contribution in [0.1, 0.15) is 49.6 Å². The summed E-state index contributed by atoms with van der Waals surface area (Å²) in [5.41, 5.74) is 3.08. The Kier molecular flexibility index (Phi) is 6.75. The summed E-state index contributed by atoms with van der Waals surface area (Å²) in [6.45, 7) is 0.435. The van der Waals surface area contributed by atoms with Crippen LogP contribution >= 0.6 is 11.3 Å². The van der Waals surface area contributed by atoms with E-state index in [-0.39, 0.29) is 11.8 Å². The predicted molar refractivity (Wildman–Crippen MR) is 126 cm³/mol. The highest BCUT2D eigenvalue weighted by molar-refractivity contribution is 7.17. The van der Waals surface area contributed by atoms with E-state index in [1.54, 1.807) is 32.4 Å². The van der Waals surface area contributed by atoms with E-state index >= 15 is 0 Å². The number of aryl methyl sites for hydroxylation is 1. The van der Waals surface area contributed by atoms with Gasteiger partial charge in [-0.25, -0.2) is 0 Å². The Balaban J connectivity index is 1.60. The summed E-state index contributed by atoms with van der Waals surface area (Å²) >= 11 is 1.50. The van der Waals surface area contributed by atoms with E-state index in [9.17, 15) is 9.59 Å².